The van der Waals surface area contributed by atoms with Gasteiger partial charge in [0.2, 0.25) is 5.91 Å². The summed E-state index contributed by atoms with van der Waals surface area (Å²) in [6.07, 6.45) is 1.57. The van der Waals surface area contributed by atoms with Crippen LogP contribution in [-0.2, 0) is 4.79 Å². The van der Waals surface area contributed by atoms with Crippen LogP contribution in [0.5, 0.6) is 0 Å². The summed E-state index contributed by atoms with van der Waals surface area (Å²) in [6.45, 7) is 3.75. The summed E-state index contributed by atoms with van der Waals surface area (Å²) in [5.41, 5.74) is 1.69. The average molecular weight is 341 g/mol. The predicted octanol–water partition coefficient (Wildman–Crippen LogP) is 4.82. The Morgan fingerprint density at radius 3 is 2.62 bits per heavy atom. The van der Waals surface area contributed by atoms with E-state index < -0.39 is 0 Å². The van der Waals surface area contributed by atoms with Crippen LogP contribution in [0.4, 0.5) is 5.69 Å². The minimum absolute atomic E-state index is 0.0953. The van der Waals surface area contributed by atoms with E-state index >= 15 is 0 Å². The summed E-state index contributed by atoms with van der Waals surface area (Å²) in [5, 5.41) is 4.53. The molecule has 110 valence electrons. The third-order valence-corrected chi connectivity index (χ3v) is 4.33. The highest BCUT2D eigenvalue weighted by Gasteiger charge is 2.16. The van der Waals surface area contributed by atoms with Crippen molar-refractivity contribution in [2.45, 2.75) is 24.1 Å². The Hall–Kier alpha value is -1.23. The second-order valence-electron chi connectivity index (χ2n) is 4.52. The minimum atomic E-state index is -0.281. The van der Waals surface area contributed by atoms with Crippen molar-refractivity contribution in [3.05, 3.63) is 52.1 Å². The molecule has 0 bridgehead atoms. The number of benzene rings is 1. The van der Waals surface area contributed by atoms with Gasteiger partial charge in [0.15, 0.2) is 0 Å². The Kier molecular flexibility index (Phi) is 5.51. The van der Waals surface area contributed by atoms with Gasteiger partial charge >= 0.3 is 0 Å². The molecule has 1 atom stereocenters. The zero-order chi connectivity index (χ0) is 15.4. The number of hydrogen-bond donors (Lipinski definition) is 1. The summed E-state index contributed by atoms with van der Waals surface area (Å²) in [6, 6.07) is 8.95. The Bertz CT molecular complexity index is 647. The number of nitrogens with one attached hydrogen (secondary N) is 1. The van der Waals surface area contributed by atoms with Crippen molar-refractivity contribution in [1.82, 2.24) is 4.98 Å². The lowest BCUT2D eigenvalue weighted by molar-refractivity contribution is -0.115. The van der Waals surface area contributed by atoms with E-state index in [-0.39, 0.29) is 11.2 Å². The lowest BCUT2D eigenvalue weighted by Gasteiger charge is -2.13. The number of thioether (sulfide) groups is 1. The Morgan fingerprint density at radius 2 is 1.95 bits per heavy atom. The SMILES string of the molecule is Cc1ccc(Cl)cc1NC(=O)C(C)Sc1ccc(Cl)cn1. The first-order valence-electron chi connectivity index (χ1n) is 6.31. The normalized spacial score (nSPS) is 12.0. The van der Waals surface area contributed by atoms with E-state index in [1.165, 1.54) is 11.8 Å². The maximum atomic E-state index is 12.2. The highest BCUT2D eigenvalue weighted by molar-refractivity contribution is 8.00. The number of carbonyl (C=O) groups excluding carboxylic acids is 1. The van der Waals surface area contributed by atoms with Gasteiger partial charge in [-0.25, -0.2) is 4.98 Å². The van der Waals surface area contributed by atoms with Gasteiger partial charge in [-0.3, -0.25) is 4.79 Å². The second-order valence-corrected chi connectivity index (χ2v) is 6.76. The van der Waals surface area contributed by atoms with Gasteiger partial charge in [0, 0.05) is 16.9 Å². The van der Waals surface area contributed by atoms with E-state index in [1.54, 1.807) is 30.5 Å². The lowest BCUT2D eigenvalue weighted by Crippen LogP contribution is -2.22. The van der Waals surface area contributed by atoms with Crippen molar-refractivity contribution in [3.63, 3.8) is 0 Å². The molecule has 0 saturated carbocycles. The molecule has 3 nitrogen and oxygen atoms in total. The molecule has 1 unspecified atom stereocenters. The fourth-order valence-corrected chi connectivity index (χ4v) is 2.70. The summed E-state index contributed by atoms with van der Waals surface area (Å²) in [5.74, 6) is -0.0953. The predicted molar refractivity (Wildman–Crippen MR) is 89.4 cm³/mol. The first-order chi connectivity index (χ1) is 9.95. The van der Waals surface area contributed by atoms with Crippen LogP contribution in [-0.4, -0.2) is 16.1 Å². The molecule has 2 aromatic rings. The van der Waals surface area contributed by atoms with Crippen molar-refractivity contribution in [2.24, 2.45) is 0 Å². The van der Waals surface area contributed by atoms with Gasteiger partial charge in [-0.15, -0.1) is 0 Å². The third kappa shape index (κ3) is 4.63. The van der Waals surface area contributed by atoms with Gasteiger partial charge in [-0.05, 0) is 43.7 Å². The van der Waals surface area contributed by atoms with E-state index in [0.717, 1.165) is 16.3 Å². The van der Waals surface area contributed by atoms with Gasteiger partial charge < -0.3 is 5.32 Å². The molecular formula is C15H14Cl2N2OS. The van der Waals surface area contributed by atoms with Gasteiger partial charge in [-0.2, -0.15) is 0 Å². The van der Waals surface area contributed by atoms with Gasteiger partial charge in [0.1, 0.15) is 0 Å². The molecular weight excluding hydrogens is 327 g/mol. The van der Waals surface area contributed by atoms with E-state index in [2.05, 4.69) is 10.3 Å². The van der Waals surface area contributed by atoms with Crippen LogP contribution < -0.4 is 5.32 Å². The molecule has 1 N–H and O–H groups in total. The zero-order valence-electron chi connectivity index (χ0n) is 11.6. The molecule has 1 aromatic heterocycles. The number of nitrogens with zero attached hydrogens (tertiary/aromatic N) is 1. The molecule has 0 aliphatic carbocycles. The maximum Gasteiger partial charge on any atom is 0.237 e. The number of amides is 1. The van der Waals surface area contributed by atoms with Crippen molar-refractivity contribution in [1.29, 1.82) is 0 Å². The van der Waals surface area contributed by atoms with Crippen molar-refractivity contribution >= 4 is 46.6 Å². The third-order valence-electron chi connectivity index (χ3n) is 2.82. The molecule has 6 heteroatoms. The van der Waals surface area contributed by atoms with Crippen molar-refractivity contribution in [3.8, 4) is 0 Å². The molecule has 0 aliphatic heterocycles. The van der Waals surface area contributed by atoms with Gasteiger partial charge in [0.25, 0.3) is 0 Å². The van der Waals surface area contributed by atoms with Crippen molar-refractivity contribution in [2.75, 3.05) is 5.32 Å². The molecule has 2 rings (SSSR count). The number of rotatable bonds is 4. The van der Waals surface area contributed by atoms with E-state index in [4.69, 9.17) is 23.2 Å². The van der Waals surface area contributed by atoms with E-state index in [1.807, 2.05) is 19.9 Å². The molecule has 0 aliphatic rings. The van der Waals surface area contributed by atoms with Crippen LogP contribution >= 0.6 is 35.0 Å². The van der Waals surface area contributed by atoms with E-state index in [9.17, 15) is 4.79 Å². The van der Waals surface area contributed by atoms with Crippen LogP contribution in [0, 0.1) is 6.92 Å². The Labute approximate surface area is 138 Å². The molecule has 0 fully saturated rings. The maximum absolute atomic E-state index is 12.2. The fourth-order valence-electron chi connectivity index (χ4n) is 1.63. The topological polar surface area (TPSA) is 42.0 Å². The number of aryl methyl sites for hydroxylation is 1. The number of anilines is 1. The van der Waals surface area contributed by atoms with E-state index in [0.29, 0.717) is 10.0 Å². The first kappa shape index (κ1) is 16.1. The Morgan fingerprint density at radius 1 is 1.24 bits per heavy atom. The number of carbonyl (C=O) groups is 1. The highest BCUT2D eigenvalue weighted by Crippen LogP contribution is 2.25. The summed E-state index contributed by atoms with van der Waals surface area (Å²) in [4.78, 5) is 16.4. The molecule has 1 aromatic carbocycles. The molecule has 0 radical (unpaired) electrons. The summed E-state index contributed by atoms with van der Waals surface area (Å²) < 4.78 is 0. The van der Waals surface area contributed by atoms with Crippen LogP contribution in [0.25, 0.3) is 0 Å². The largest absolute Gasteiger partial charge is 0.325 e. The standard InChI is InChI=1S/C15H14Cl2N2OS/c1-9-3-4-11(16)7-13(9)19-15(20)10(2)21-14-6-5-12(17)8-18-14/h3-8,10H,1-2H3,(H,19,20). The van der Waals surface area contributed by atoms with Crippen LogP contribution in [0.2, 0.25) is 10.0 Å². The molecule has 0 saturated heterocycles. The molecule has 1 amide bonds. The average Bonchev–Trinajstić information content (AvgIpc) is 2.45. The number of aromatic nitrogens is 1. The number of pyridine rings is 1. The second kappa shape index (κ2) is 7.16. The van der Waals surface area contributed by atoms with Crippen LogP contribution in [0.3, 0.4) is 0 Å². The quantitative estimate of drug-likeness (QED) is 0.811. The summed E-state index contributed by atoms with van der Waals surface area (Å²) >= 11 is 13.1. The zero-order valence-corrected chi connectivity index (χ0v) is 13.9. The van der Waals surface area contributed by atoms with Gasteiger partial charge in [-0.1, -0.05) is 41.0 Å². The number of hydrogen-bond acceptors (Lipinski definition) is 3. The molecule has 0 spiro atoms. The summed E-state index contributed by atoms with van der Waals surface area (Å²) in [7, 11) is 0. The lowest BCUT2D eigenvalue weighted by atomic mass is 10.2. The number of halogens is 2. The first-order valence-corrected chi connectivity index (χ1v) is 7.94. The monoisotopic (exact) mass is 340 g/mol. The minimum Gasteiger partial charge on any atom is -0.325 e. The molecule has 1 heterocycles. The van der Waals surface area contributed by atoms with Crippen molar-refractivity contribution < 1.29 is 4.79 Å². The molecule has 21 heavy (non-hydrogen) atoms. The smallest absolute Gasteiger partial charge is 0.237 e. The fraction of sp³-hybridized carbons (Fsp3) is 0.200. The highest BCUT2D eigenvalue weighted by atomic mass is 35.5. The van der Waals surface area contributed by atoms with Crippen LogP contribution in [0.15, 0.2) is 41.6 Å². The van der Waals surface area contributed by atoms with Crippen LogP contribution in [0.1, 0.15) is 12.5 Å². The van der Waals surface area contributed by atoms with Gasteiger partial charge in [0.05, 0.1) is 15.3 Å². The Balaban J connectivity index is 2.02.